The van der Waals surface area contributed by atoms with E-state index in [1.54, 1.807) is 29.2 Å². The van der Waals surface area contributed by atoms with Gasteiger partial charge in [0, 0.05) is 22.6 Å². The van der Waals surface area contributed by atoms with Gasteiger partial charge in [-0.3, -0.25) is 9.69 Å². The summed E-state index contributed by atoms with van der Waals surface area (Å²) in [6.45, 7) is 5.92. The van der Waals surface area contributed by atoms with Crippen molar-refractivity contribution in [1.82, 2.24) is 4.90 Å². The van der Waals surface area contributed by atoms with Gasteiger partial charge in [-0.05, 0) is 30.7 Å². The molecule has 0 amide bonds. The first-order chi connectivity index (χ1) is 8.45. The Kier molecular flexibility index (Phi) is 5.66. The first kappa shape index (κ1) is 15.0. The number of aliphatic carboxylic acids is 1. The van der Waals surface area contributed by atoms with E-state index in [0.717, 1.165) is 5.56 Å². The number of benzene rings is 1. The third kappa shape index (κ3) is 4.02. The predicted molar refractivity (Wildman–Crippen MR) is 74.3 cm³/mol. The van der Waals surface area contributed by atoms with E-state index in [1.165, 1.54) is 0 Å². The Morgan fingerprint density at radius 1 is 1.56 bits per heavy atom. The van der Waals surface area contributed by atoms with Crippen LogP contribution in [0.4, 0.5) is 0 Å². The van der Waals surface area contributed by atoms with Gasteiger partial charge in [0.25, 0.3) is 0 Å². The van der Waals surface area contributed by atoms with Crippen LogP contribution in [-0.2, 0) is 4.79 Å². The molecule has 1 aromatic carbocycles. The van der Waals surface area contributed by atoms with Crippen molar-refractivity contribution in [2.75, 3.05) is 13.1 Å². The molecule has 0 aromatic heterocycles. The van der Waals surface area contributed by atoms with Crippen LogP contribution < -0.4 is 0 Å². The van der Waals surface area contributed by atoms with Crippen molar-refractivity contribution >= 4 is 29.2 Å². The van der Waals surface area contributed by atoms with Crippen molar-refractivity contribution in [2.24, 2.45) is 0 Å². The maximum Gasteiger partial charge on any atom is 0.317 e. The molecule has 0 bridgehead atoms. The molecule has 98 valence electrons. The summed E-state index contributed by atoms with van der Waals surface area (Å²) in [5.41, 5.74) is 0.812. The van der Waals surface area contributed by atoms with Crippen molar-refractivity contribution in [1.29, 1.82) is 0 Å². The lowest BCUT2D eigenvalue weighted by atomic mass is 10.1. The van der Waals surface area contributed by atoms with E-state index in [-0.39, 0.29) is 12.6 Å². The standard InChI is InChI=1S/C13H15Cl2NO2/c1-3-6-16(8-13(17)18)9(2)11-7-10(14)4-5-12(11)15/h3-5,7,9H,1,6,8H2,2H3,(H,17,18). The van der Waals surface area contributed by atoms with Gasteiger partial charge in [0.15, 0.2) is 0 Å². The number of carboxylic acid groups (broad SMARTS) is 1. The van der Waals surface area contributed by atoms with Gasteiger partial charge in [-0.2, -0.15) is 0 Å². The number of nitrogens with zero attached hydrogens (tertiary/aromatic N) is 1. The molecule has 0 aliphatic rings. The largest absolute Gasteiger partial charge is 0.480 e. The molecule has 0 heterocycles. The summed E-state index contributed by atoms with van der Waals surface area (Å²) in [4.78, 5) is 12.6. The van der Waals surface area contributed by atoms with Gasteiger partial charge in [0.2, 0.25) is 0 Å². The van der Waals surface area contributed by atoms with Crippen LogP contribution in [0.2, 0.25) is 10.0 Å². The Morgan fingerprint density at radius 3 is 2.78 bits per heavy atom. The molecule has 0 aliphatic heterocycles. The highest BCUT2D eigenvalue weighted by atomic mass is 35.5. The minimum absolute atomic E-state index is 0.0734. The molecule has 0 radical (unpaired) electrons. The fourth-order valence-electron chi connectivity index (χ4n) is 1.73. The number of carbonyl (C=O) groups is 1. The Bertz CT molecular complexity index is 449. The molecule has 0 fully saturated rings. The topological polar surface area (TPSA) is 40.5 Å². The van der Waals surface area contributed by atoms with Gasteiger partial charge in [-0.1, -0.05) is 29.3 Å². The minimum atomic E-state index is -0.887. The second kappa shape index (κ2) is 6.78. The van der Waals surface area contributed by atoms with E-state index < -0.39 is 5.97 Å². The monoisotopic (exact) mass is 287 g/mol. The van der Waals surface area contributed by atoms with Crippen LogP contribution >= 0.6 is 23.2 Å². The zero-order valence-corrected chi connectivity index (χ0v) is 11.6. The van der Waals surface area contributed by atoms with Crippen molar-refractivity contribution in [3.63, 3.8) is 0 Å². The maximum atomic E-state index is 10.8. The van der Waals surface area contributed by atoms with Crippen LogP contribution in [0.25, 0.3) is 0 Å². The second-order valence-corrected chi connectivity index (χ2v) is 4.80. The number of halogens is 2. The quantitative estimate of drug-likeness (QED) is 0.813. The Morgan fingerprint density at radius 2 is 2.22 bits per heavy atom. The molecule has 1 rings (SSSR count). The zero-order chi connectivity index (χ0) is 13.7. The minimum Gasteiger partial charge on any atom is -0.480 e. The van der Waals surface area contributed by atoms with Crippen molar-refractivity contribution < 1.29 is 9.90 Å². The molecule has 0 aliphatic carbocycles. The first-order valence-electron chi connectivity index (χ1n) is 5.47. The third-order valence-corrected chi connectivity index (χ3v) is 3.24. The highest BCUT2D eigenvalue weighted by molar-refractivity contribution is 6.33. The summed E-state index contributed by atoms with van der Waals surface area (Å²) in [7, 11) is 0. The fraction of sp³-hybridized carbons (Fsp3) is 0.308. The van der Waals surface area contributed by atoms with E-state index in [1.807, 2.05) is 6.92 Å². The highest BCUT2D eigenvalue weighted by Gasteiger charge is 2.19. The molecule has 5 heteroatoms. The molecular weight excluding hydrogens is 273 g/mol. The molecule has 1 unspecified atom stereocenters. The van der Waals surface area contributed by atoms with Gasteiger partial charge in [-0.25, -0.2) is 0 Å². The lowest BCUT2D eigenvalue weighted by Crippen LogP contribution is -2.32. The second-order valence-electron chi connectivity index (χ2n) is 3.95. The smallest absolute Gasteiger partial charge is 0.317 e. The van der Waals surface area contributed by atoms with Crippen LogP contribution in [0.15, 0.2) is 30.9 Å². The Labute approximate surface area is 117 Å². The molecule has 3 nitrogen and oxygen atoms in total. The van der Waals surface area contributed by atoms with Gasteiger partial charge in [0.1, 0.15) is 0 Å². The van der Waals surface area contributed by atoms with Crippen LogP contribution in [0.3, 0.4) is 0 Å². The molecule has 1 aromatic rings. The third-order valence-electron chi connectivity index (χ3n) is 2.66. The number of rotatable bonds is 6. The van der Waals surface area contributed by atoms with Crippen molar-refractivity contribution in [3.05, 3.63) is 46.5 Å². The van der Waals surface area contributed by atoms with Gasteiger partial charge in [-0.15, -0.1) is 6.58 Å². The van der Waals surface area contributed by atoms with Crippen LogP contribution in [0.1, 0.15) is 18.5 Å². The van der Waals surface area contributed by atoms with E-state index in [4.69, 9.17) is 28.3 Å². The van der Waals surface area contributed by atoms with Crippen molar-refractivity contribution in [2.45, 2.75) is 13.0 Å². The summed E-state index contributed by atoms with van der Waals surface area (Å²) in [6, 6.07) is 5.02. The molecule has 0 spiro atoms. The summed E-state index contributed by atoms with van der Waals surface area (Å²) in [5, 5.41) is 10.0. The van der Waals surface area contributed by atoms with Gasteiger partial charge in [0.05, 0.1) is 6.54 Å². The van der Waals surface area contributed by atoms with E-state index >= 15 is 0 Å². The van der Waals surface area contributed by atoms with E-state index in [9.17, 15) is 4.79 Å². The summed E-state index contributed by atoms with van der Waals surface area (Å²) >= 11 is 12.0. The Balaban J connectivity index is 3.00. The molecule has 0 saturated heterocycles. The van der Waals surface area contributed by atoms with Crippen molar-refractivity contribution in [3.8, 4) is 0 Å². The summed E-state index contributed by atoms with van der Waals surface area (Å²) < 4.78 is 0. The molecule has 1 N–H and O–H groups in total. The number of hydrogen-bond acceptors (Lipinski definition) is 2. The summed E-state index contributed by atoms with van der Waals surface area (Å²) in [6.07, 6.45) is 1.66. The first-order valence-corrected chi connectivity index (χ1v) is 6.23. The lowest BCUT2D eigenvalue weighted by molar-refractivity contribution is -0.138. The maximum absolute atomic E-state index is 10.8. The van der Waals surface area contributed by atoms with Gasteiger partial charge >= 0.3 is 5.97 Å². The number of hydrogen-bond donors (Lipinski definition) is 1. The van der Waals surface area contributed by atoms with E-state index in [2.05, 4.69) is 6.58 Å². The molecule has 18 heavy (non-hydrogen) atoms. The average Bonchev–Trinajstić information content (AvgIpc) is 2.30. The number of carboxylic acids is 1. The SMILES string of the molecule is C=CCN(CC(=O)O)C(C)c1cc(Cl)ccc1Cl. The normalized spacial score (nSPS) is 12.4. The van der Waals surface area contributed by atoms with Crippen LogP contribution in [0.5, 0.6) is 0 Å². The predicted octanol–water partition coefficient (Wildman–Crippen LogP) is 3.63. The van der Waals surface area contributed by atoms with Crippen LogP contribution in [0, 0.1) is 0 Å². The molecular formula is C13H15Cl2NO2. The fourth-order valence-corrected chi connectivity index (χ4v) is 2.19. The molecule has 0 saturated carbocycles. The average molecular weight is 288 g/mol. The molecule has 1 atom stereocenters. The lowest BCUT2D eigenvalue weighted by Gasteiger charge is -2.27. The van der Waals surface area contributed by atoms with E-state index in [0.29, 0.717) is 16.6 Å². The van der Waals surface area contributed by atoms with Crippen LogP contribution in [-0.4, -0.2) is 29.1 Å². The zero-order valence-electron chi connectivity index (χ0n) is 10.1. The Hall–Kier alpha value is -1.03. The highest BCUT2D eigenvalue weighted by Crippen LogP contribution is 2.29. The summed E-state index contributed by atoms with van der Waals surface area (Å²) in [5.74, 6) is -0.887. The van der Waals surface area contributed by atoms with Gasteiger partial charge < -0.3 is 5.11 Å².